The van der Waals surface area contributed by atoms with Crippen molar-refractivity contribution in [3.05, 3.63) is 69.6 Å². The second-order valence-electron chi connectivity index (χ2n) is 8.04. The van der Waals surface area contributed by atoms with Gasteiger partial charge < -0.3 is 4.57 Å². The van der Waals surface area contributed by atoms with Crippen molar-refractivity contribution in [2.75, 3.05) is 13.1 Å². The number of pyridine rings is 1. The van der Waals surface area contributed by atoms with Crippen molar-refractivity contribution in [3.8, 4) is 0 Å². The first-order valence-electron chi connectivity index (χ1n) is 9.82. The summed E-state index contributed by atoms with van der Waals surface area (Å²) in [7, 11) is 0. The smallest absolute Gasteiger partial charge is 0.254 e. The topological polar surface area (TPSA) is 25.2 Å². The van der Waals surface area contributed by atoms with Gasteiger partial charge in [0.25, 0.3) is 5.56 Å². The van der Waals surface area contributed by atoms with Crippen molar-refractivity contribution in [1.29, 1.82) is 0 Å². The summed E-state index contributed by atoms with van der Waals surface area (Å²) in [6, 6.07) is 15.4. The Kier molecular flexibility index (Phi) is 3.78. The third kappa shape index (κ3) is 2.56. The molecular formula is C22H26N2O. The van der Waals surface area contributed by atoms with Crippen molar-refractivity contribution in [2.45, 2.75) is 50.6 Å². The predicted octanol–water partition coefficient (Wildman–Crippen LogP) is 3.41. The SMILES string of the molecule is O=c1c(Cc2ccccc2)ccc2n1C[C@H]1CCCN3CCC[C@@H]2[C@H]13. The number of rotatable bonds is 2. The highest BCUT2D eigenvalue weighted by atomic mass is 16.1. The molecule has 4 heterocycles. The van der Waals surface area contributed by atoms with Gasteiger partial charge in [-0.25, -0.2) is 0 Å². The van der Waals surface area contributed by atoms with Gasteiger partial charge in [0.1, 0.15) is 0 Å². The Hall–Kier alpha value is -1.87. The maximum atomic E-state index is 13.2. The summed E-state index contributed by atoms with van der Waals surface area (Å²) in [4.78, 5) is 15.9. The highest BCUT2D eigenvalue weighted by molar-refractivity contribution is 5.29. The molecule has 0 radical (unpaired) electrons. The van der Waals surface area contributed by atoms with E-state index >= 15 is 0 Å². The molecule has 2 saturated heterocycles. The number of nitrogens with zero attached hydrogens (tertiary/aromatic N) is 2. The molecule has 3 aliphatic heterocycles. The molecule has 0 unspecified atom stereocenters. The molecule has 3 aliphatic rings. The van der Waals surface area contributed by atoms with E-state index in [-0.39, 0.29) is 5.56 Å². The third-order valence-corrected chi connectivity index (χ3v) is 6.62. The lowest BCUT2D eigenvalue weighted by atomic mass is 9.72. The third-order valence-electron chi connectivity index (χ3n) is 6.62. The summed E-state index contributed by atoms with van der Waals surface area (Å²) < 4.78 is 2.14. The molecule has 3 heteroatoms. The normalized spacial score (nSPS) is 28.2. The van der Waals surface area contributed by atoms with E-state index in [1.807, 2.05) is 6.07 Å². The second kappa shape index (κ2) is 6.14. The van der Waals surface area contributed by atoms with Crippen LogP contribution in [0.4, 0.5) is 0 Å². The van der Waals surface area contributed by atoms with Crippen LogP contribution in [0, 0.1) is 5.92 Å². The van der Waals surface area contributed by atoms with Crippen LogP contribution in [-0.2, 0) is 13.0 Å². The average molecular weight is 334 g/mol. The van der Waals surface area contributed by atoms with Crippen LogP contribution in [-0.4, -0.2) is 28.6 Å². The van der Waals surface area contributed by atoms with E-state index in [9.17, 15) is 4.79 Å². The maximum Gasteiger partial charge on any atom is 0.254 e. The summed E-state index contributed by atoms with van der Waals surface area (Å²) in [6.07, 6.45) is 5.84. The number of benzene rings is 1. The van der Waals surface area contributed by atoms with Crippen molar-refractivity contribution in [2.24, 2.45) is 5.92 Å². The Labute approximate surface area is 149 Å². The molecule has 0 saturated carbocycles. The Morgan fingerprint density at radius 1 is 0.960 bits per heavy atom. The summed E-state index contributed by atoms with van der Waals surface area (Å²) in [5.41, 5.74) is 3.71. The molecular weight excluding hydrogens is 308 g/mol. The molecule has 2 fully saturated rings. The molecule has 0 aliphatic carbocycles. The molecule has 1 aromatic carbocycles. The Bertz CT molecular complexity index is 824. The van der Waals surface area contributed by atoms with Gasteiger partial charge in [0.15, 0.2) is 0 Å². The first-order chi connectivity index (χ1) is 12.3. The maximum absolute atomic E-state index is 13.2. The van der Waals surface area contributed by atoms with Gasteiger partial charge in [0, 0.05) is 36.2 Å². The molecule has 0 N–H and O–H groups in total. The molecule has 5 rings (SSSR count). The number of piperidine rings is 2. The highest BCUT2D eigenvalue weighted by Crippen LogP contribution is 2.43. The number of fused-ring (bicyclic) bond motifs is 2. The number of aromatic nitrogens is 1. The van der Waals surface area contributed by atoms with Crippen molar-refractivity contribution in [1.82, 2.24) is 9.47 Å². The van der Waals surface area contributed by atoms with Gasteiger partial charge in [0.05, 0.1) is 0 Å². The van der Waals surface area contributed by atoms with Crippen LogP contribution in [0.15, 0.2) is 47.3 Å². The quantitative estimate of drug-likeness (QED) is 0.841. The summed E-state index contributed by atoms with van der Waals surface area (Å²) in [6.45, 7) is 3.44. The van der Waals surface area contributed by atoms with Crippen LogP contribution in [0.1, 0.15) is 48.4 Å². The van der Waals surface area contributed by atoms with E-state index in [1.165, 1.54) is 50.0 Å². The zero-order valence-electron chi connectivity index (χ0n) is 14.7. The molecule has 0 spiro atoms. The standard InChI is InChI=1S/C22H26N2O/c25-22-17(14-16-6-2-1-3-7-16)10-11-20-19-9-5-13-23-12-4-8-18(21(19)23)15-24(20)22/h1-3,6-7,10-11,18-19,21H,4-5,8-9,12-15H2/t18-,19+,21+/m1/s1. The van der Waals surface area contributed by atoms with Gasteiger partial charge in [-0.2, -0.15) is 0 Å². The fourth-order valence-corrected chi connectivity index (χ4v) is 5.56. The number of hydrogen-bond donors (Lipinski definition) is 0. The fraction of sp³-hybridized carbons (Fsp3) is 0.500. The minimum Gasteiger partial charge on any atom is -0.312 e. The van der Waals surface area contributed by atoms with Crippen LogP contribution in [0.2, 0.25) is 0 Å². The zero-order chi connectivity index (χ0) is 16.8. The van der Waals surface area contributed by atoms with Gasteiger partial charge in [-0.15, -0.1) is 0 Å². The Morgan fingerprint density at radius 2 is 1.76 bits per heavy atom. The second-order valence-corrected chi connectivity index (χ2v) is 8.04. The Balaban J connectivity index is 1.54. The minimum atomic E-state index is 0.252. The van der Waals surface area contributed by atoms with Gasteiger partial charge in [-0.05, 0) is 56.3 Å². The molecule has 0 bridgehead atoms. The average Bonchev–Trinajstić information content (AvgIpc) is 2.66. The molecule has 25 heavy (non-hydrogen) atoms. The first-order valence-corrected chi connectivity index (χ1v) is 9.82. The van der Waals surface area contributed by atoms with Gasteiger partial charge in [0.2, 0.25) is 0 Å². The molecule has 3 nitrogen and oxygen atoms in total. The lowest BCUT2D eigenvalue weighted by molar-refractivity contribution is 0.0179. The largest absolute Gasteiger partial charge is 0.312 e. The molecule has 130 valence electrons. The van der Waals surface area contributed by atoms with E-state index in [2.05, 4.69) is 45.9 Å². The van der Waals surface area contributed by atoms with Crippen LogP contribution in [0.3, 0.4) is 0 Å². The lowest BCUT2D eigenvalue weighted by Crippen LogP contribution is -2.56. The molecule has 0 amide bonds. The summed E-state index contributed by atoms with van der Waals surface area (Å²) >= 11 is 0. The van der Waals surface area contributed by atoms with E-state index < -0.39 is 0 Å². The summed E-state index contributed by atoms with van der Waals surface area (Å²) in [5, 5.41) is 0. The van der Waals surface area contributed by atoms with Crippen LogP contribution < -0.4 is 5.56 Å². The van der Waals surface area contributed by atoms with Gasteiger partial charge in [-0.3, -0.25) is 9.69 Å². The van der Waals surface area contributed by atoms with E-state index in [0.29, 0.717) is 17.9 Å². The van der Waals surface area contributed by atoms with Gasteiger partial charge in [-0.1, -0.05) is 36.4 Å². The fourth-order valence-electron chi connectivity index (χ4n) is 5.56. The van der Waals surface area contributed by atoms with Crippen molar-refractivity contribution in [3.63, 3.8) is 0 Å². The van der Waals surface area contributed by atoms with E-state index in [4.69, 9.17) is 0 Å². The highest BCUT2D eigenvalue weighted by Gasteiger charge is 2.44. The van der Waals surface area contributed by atoms with E-state index in [0.717, 1.165) is 18.5 Å². The summed E-state index contributed by atoms with van der Waals surface area (Å²) in [5.74, 6) is 1.22. The van der Waals surface area contributed by atoms with Crippen molar-refractivity contribution < 1.29 is 0 Å². The lowest BCUT2D eigenvalue weighted by Gasteiger charge is -2.52. The van der Waals surface area contributed by atoms with Crippen LogP contribution in [0.5, 0.6) is 0 Å². The monoisotopic (exact) mass is 334 g/mol. The number of hydrogen-bond acceptors (Lipinski definition) is 2. The van der Waals surface area contributed by atoms with Crippen LogP contribution >= 0.6 is 0 Å². The van der Waals surface area contributed by atoms with E-state index in [1.54, 1.807) is 0 Å². The molecule has 1 aromatic heterocycles. The molecule has 2 aromatic rings. The molecule has 3 atom stereocenters. The van der Waals surface area contributed by atoms with Gasteiger partial charge >= 0.3 is 0 Å². The van der Waals surface area contributed by atoms with Crippen LogP contribution in [0.25, 0.3) is 0 Å². The first kappa shape index (κ1) is 15.4. The Morgan fingerprint density at radius 3 is 2.60 bits per heavy atom. The minimum absolute atomic E-state index is 0.252. The van der Waals surface area contributed by atoms with Crippen molar-refractivity contribution >= 4 is 0 Å². The zero-order valence-corrected chi connectivity index (χ0v) is 14.7. The predicted molar refractivity (Wildman–Crippen MR) is 100 cm³/mol.